The van der Waals surface area contributed by atoms with Crippen molar-refractivity contribution in [3.63, 3.8) is 0 Å². The normalized spacial score (nSPS) is 14.3. The first-order chi connectivity index (χ1) is 16.0. The number of nitrogens with one attached hydrogen (secondary N) is 2. The molecule has 1 amide bonds. The van der Waals surface area contributed by atoms with Crippen LogP contribution < -0.4 is 15.0 Å². The Bertz CT molecular complexity index is 1140. The number of H-pyrrole nitrogens is 1. The Morgan fingerprint density at radius 3 is 2.48 bits per heavy atom. The average molecular weight is 471 g/mol. The molecule has 0 atom stereocenters. The van der Waals surface area contributed by atoms with E-state index in [0.717, 1.165) is 31.9 Å². The number of hydrogen-bond acceptors (Lipinski definition) is 6. The van der Waals surface area contributed by atoms with Crippen LogP contribution in [0.15, 0.2) is 42.5 Å². The lowest BCUT2D eigenvalue weighted by Crippen LogP contribution is -2.48. The highest BCUT2D eigenvalue weighted by Gasteiger charge is 2.23. The number of fused-ring (bicyclic) bond motifs is 1. The average Bonchev–Trinajstić information content (AvgIpc) is 3.17. The number of nitrogens with zero attached hydrogens (tertiary/aromatic N) is 2. The van der Waals surface area contributed by atoms with Crippen molar-refractivity contribution in [2.45, 2.75) is 6.92 Å². The predicted molar refractivity (Wildman–Crippen MR) is 130 cm³/mol. The minimum absolute atomic E-state index is 0.191. The van der Waals surface area contributed by atoms with E-state index >= 15 is 0 Å². The molecule has 4 rings (SSSR count). The third kappa shape index (κ3) is 5.23. The largest absolute Gasteiger partial charge is 0.497 e. The maximum absolute atomic E-state index is 12.9. The van der Waals surface area contributed by atoms with Gasteiger partial charge in [0.05, 0.1) is 25.9 Å². The van der Waals surface area contributed by atoms with Crippen molar-refractivity contribution < 1.29 is 19.1 Å². The first-order valence-electron chi connectivity index (χ1n) is 10.9. The molecule has 2 heterocycles. The van der Waals surface area contributed by atoms with E-state index in [4.69, 9.17) is 21.1 Å². The number of rotatable bonds is 7. The van der Waals surface area contributed by atoms with Crippen LogP contribution in [0, 0.1) is 0 Å². The van der Waals surface area contributed by atoms with Crippen molar-refractivity contribution >= 4 is 45.8 Å². The van der Waals surface area contributed by atoms with E-state index < -0.39 is 5.97 Å². The van der Waals surface area contributed by atoms with Crippen LogP contribution in [0.3, 0.4) is 0 Å². The maximum Gasteiger partial charge on any atom is 0.356 e. The van der Waals surface area contributed by atoms with Crippen molar-refractivity contribution in [3.05, 3.63) is 53.2 Å². The third-order valence-corrected chi connectivity index (χ3v) is 5.93. The molecular formula is C24H27ClN4O4. The SMILES string of the molecule is CCOC(=O)c1[nH]c2ccc(OC)cc2c1NC(=O)CN1CCN(c2ccc(Cl)cc2)CC1. The third-order valence-electron chi connectivity index (χ3n) is 5.68. The Balaban J connectivity index is 1.44. The quantitative estimate of drug-likeness (QED) is 0.511. The maximum atomic E-state index is 12.9. The molecule has 0 bridgehead atoms. The van der Waals surface area contributed by atoms with Crippen LogP contribution in [0.25, 0.3) is 10.9 Å². The first kappa shape index (κ1) is 22.9. The van der Waals surface area contributed by atoms with Crippen molar-refractivity contribution in [3.8, 4) is 5.75 Å². The van der Waals surface area contributed by atoms with E-state index in [1.54, 1.807) is 26.2 Å². The Labute approximate surface area is 197 Å². The summed E-state index contributed by atoms with van der Waals surface area (Å²) in [5.74, 6) is -0.0745. The van der Waals surface area contributed by atoms with E-state index in [1.165, 1.54) is 0 Å². The Morgan fingerprint density at radius 2 is 1.82 bits per heavy atom. The Kier molecular flexibility index (Phi) is 7.05. The van der Waals surface area contributed by atoms with Gasteiger partial charge in [-0.2, -0.15) is 0 Å². The molecule has 1 aliphatic heterocycles. The van der Waals surface area contributed by atoms with Crippen molar-refractivity contribution in [1.82, 2.24) is 9.88 Å². The van der Waals surface area contributed by atoms with Gasteiger partial charge < -0.3 is 24.7 Å². The lowest BCUT2D eigenvalue weighted by molar-refractivity contribution is -0.117. The number of benzene rings is 2. The zero-order valence-electron chi connectivity index (χ0n) is 18.7. The smallest absolute Gasteiger partial charge is 0.356 e. The number of carbonyl (C=O) groups excluding carboxylic acids is 2. The van der Waals surface area contributed by atoms with Crippen molar-refractivity contribution in [1.29, 1.82) is 0 Å². The van der Waals surface area contributed by atoms with Crippen LogP contribution in [0.5, 0.6) is 5.75 Å². The molecule has 0 radical (unpaired) electrons. The van der Waals surface area contributed by atoms with Crippen molar-refractivity contribution in [2.75, 3.05) is 56.7 Å². The van der Waals surface area contributed by atoms with E-state index in [9.17, 15) is 9.59 Å². The summed E-state index contributed by atoms with van der Waals surface area (Å²) in [6.07, 6.45) is 0. The molecule has 174 valence electrons. The lowest BCUT2D eigenvalue weighted by Gasteiger charge is -2.35. The topological polar surface area (TPSA) is 86.9 Å². The fourth-order valence-corrected chi connectivity index (χ4v) is 4.11. The van der Waals surface area contributed by atoms with Gasteiger partial charge in [0.2, 0.25) is 5.91 Å². The number of aromatic nitrogens is 1. The summed E-state index contributed by atoms with van der Waals surface area (Å²) >= 11 is 5.98. The van der Waals surface area contributed by atoms with Gasteiger partial charge in [-0.3, -0.25) is 9.69 Å². The number of amides is 1. The first-order valence-corrected chi connectivity index (χ1v) is 11.3. The van der Waals surface area contributed by atoms with Crippen LogP contribution in [-0.4, -0.2) is 68.2 Å². The van der Waals surface area contributed by atoms with E-state index in [-0.39, 0.29) is 24.8 Å². The van der Waals surface area contributed by atoms with Gasteiger partial charge >= 0.3 is 5.97 Å². The molecule has 0 unspecified atom stereocenters. The highest BCUT2D eigenvalue weighted by atomic mass is 35.5. The Morgan fingerprint density at radius 1 is 1.09 bits per heavy atom. The molecule has 0 saturated carbocycles. The van der Waals surface area contributed by atoms with Gasteiger partial charge in [0, 0.05) is 47.8 Å². The highest BCUT2D eigenvalue weighted by Crippen LogP contribution is 2.31. The van der Waals surface area contributed by atoms with Gasteiger partial charge in [-0.15, -0.1) is 0 Å². The molecule has 1 aliphatic rings. The van der Waals surface area contributed by atoms with Gasteiger partial charge in [0.25, 0.3) is 0 Å². The van der Waals surface area contributed by atoms with Crippen molar-refractivity contribution in [2.24, 2.45) is 0 Å². The summed E-state index contributed by atoms with van der Waals surface area (Å²) in [5, 5.41) is 4.33. The molecular weight excluding hydrogens is 444 g/mol. The highest BCUT2D eigenvalue weighted by molar-refractivity contribution is 6.30. The molecule has 3 aromatic rings. The van der Waals surface area contributed by atoms with Crippen LogP contribution in [-0.2, 0) is 9.53 Å². The number of hydrogen-bond donors (Lipinski definition) is 2. The fourth-order valence-electron chi connectivity index (χ4n) is 3.98. The standard InChI is InChI=1S/C24H27ClN4O4/c1-3-33-24(31)23-22(19-14-18(32-2)8-9-20(19)26-23)27-21(30)15-28-10-12-29(13-11-28)17-6-4-16(25)5-7-17/h4-9,14,26H,3,10-13,15H2,1-2H3,(H,27,30). The molecule has 0 aliphatic carbocycles. The molecule has 1 aromatic heterocycles. The number of aromatic amines is 1. The second-order valence-corrected chi connectivity index (χ2v) is 8.23. The molecule has 9 heteroatoms. The zero-order valence-corrected chi connectivity index (χ0v) is 19.4. The van der Waals surface area contributed by atoms with Crippen LogP contribution in [0.1, 0.15) is 17.4 Å². The molecule has 2 N–H and O–H groups in total. The Hall–Kier alpha value is -3.23. The summed E-state index contributed by atoms with van der Waals surface area (Å²) in [4.78, 5) is 32.8. The minimum atomic E-state index is -0.514. The molecule has 0 spiro atoms. The van der Waals surface area contributed by atoms with E-state index in [1.807, 2.05) is 30.3 Å². The van der Waals surface area contributed by atoms with Gasteiger partial charge in [-0.05, 0) is 49.4 Å². The number of methoxy groups -OCH3 is 1. The van der Waals surface area contributed by atoms with E-state index in [0.29, 0.717) is 27.4 Å². The summed E-state index contributed by atoms with van der Waals surface area (Å²) in [6.45, 7) is 5.34. The molecule has 2 aromatic carbocycles. The van der Waals surface area contributed by atoms with Gasteiger partial charge in [0.1, 0.15) is 11.4 Å². The number of carbonyl (C=O) groups is 2. The monoisotopic (exact) mass is 470 g/mol. The second-order valence-electron chi connectivity index (χ2n) is 7.79. The fraction of sp³-hybridized carbons (Fsp3) is 0.333. The summed E-state index contributed by atoms with van der Waals surface area (Å²) < 4.78 is 10.5. The number of esters is 1. The number of ether oxygens (including phenoxy) is 2. The number of anilines is 2. The van der Waals surface area contributed by atoms with Gasteiger partial charge in [0.15, 0.2) is 0 Å². The summed E-state index contributed by atoms with van der Waals surface area (Å²) in [7, 11) is 1.57. The minimum Gasteiger partial charge on any atom is -0.497 e. The zero-order chi connectivity index (χ0) is 23.4. The number of piperazine rings is 1. The molecule has 1 saturated heterocycles. The van der Waals surface area contributed by atoms with E-state index in [2.05, 4.69) is 20.1 Å². The van der Waals surface area contributed by atoms with Gasteiger partial charge in [-0.1, -0.05) is 11.6 Å². The second kappa shape index (κ2) is 10.1. The number of halogens is 1. The summed E-state index contributed by atoms with van der Waals surface area (Å²) in [6, 6.07) is 13.2. The van der Waals surface area contributed by atoms with Gasteiger partial charge in [-0.25, -0.2) is 4.79 Å². The van der Waals surface area contributed by atoms with Crippen LogP contribution in [0.4, 0.5) is 11.4 Å². The van der Waals surface area contributed by atoms with Crippen LogP contribution >= 0.6 is 11.6 Å². The van der Waals surface area contributed by atoms with Crippen LogP contribution in [0.2, 0.25) is 5.02 Å². The lowest BCUT2D eigenvalue weighted by atomic mass is 10.2. The summed E-state index contributed by atoms with van der Waals surface area (Å²) in [5.41, 5.74) is 2.47. The molecule has 8 nitrogen and oxygen atoms in total. The predicted octanol–water partition coefficient (Wildman–Crippen LogP) is 3.77. The molecule has 1 fully saturated rings. The molecule has 33 heavy (non-hydrogen) atoms.